The van der Waals surface area contributed by atoms with Crippen molar-refractivity contribution in [3.8, 4) is 56.4 Å². The van der Waals surface area contributed by atoms with E-state index in [4.69, 9.17) is 15.0 Å². The van der Waals surface area contributed by atoms with Gasteiger partial charge in [-0.05, 0) is 28.3 Å². The molecule has 0 unspecified atom stereocenters. The van der Waals surface area contributed by atoms with Gasteiger partial charge in [-0.15, -0.1) is 11.3 Å². The molecule has 2 heterocycles. The minimum Gasteiger partial charge on any atom is -0.208 e. The third-order valence-corrected chi connectivity index (χ3v) is 9.03. The summed E-state index contributed by atoms with van der Waals surface area (Å²) in [4.78, 5) is 15.0. The molecule has 8 aromatic rings. The van der Waals surface area contributed by atoms with Crippen LogP contribution in [0.25, 0.3) is 76.6 Å². The summed E-state index contributed by atoms with van der Waals surface area (Å²) in [6.45, 7) is 0. The molecule has 3 nitrogen and oxygen atoms in total. The molecule has 4 heteroatoms. The van der Waals surface area contributed by atoms with E-state index in [0.29, 0.717) is 17.5 Å². The van der Waals surface area contributed by atoms with Crippen molar-refractivity contribution in [1.29, 1.82) is 0 Å². The summed E-state index contributed by atoms with van der Waals surface area (Å²) in [6, 6.07) is 52.6. The second-order valence-electron chi connectivity index (χ2n) is 10.4. The fourth-order valence-corrected chi connectivity index (χ4v) is 7.08. The zero-order valence-electron chi connectivity index (χ0n) is 23.2. The molecular formula is C39H25N3S. The molecule has 0 N–H and O–H groups in total. The Labute approximate surface area is 253 Å². The minimum atomic E-state index is 0.664. The van der Waals surface area contributed by atoms with E-state index in [1.165, 1.54) is 42.4 Å². The molecular weight excluding hydrogens is 543 g/mol. The first-order valence-electron chi connectivity index (χ1n) is 14.3. The van der Waals surface area contributed by atoms with E-state index in [2.05, 4.69) is 91.0 Å². The van der Waals surface area contributed by atoms with Gasteiger partial charge >= 0.3 is 0 Å². The Balaban J connectivity index is 1.43. The van der Waals surface area contributed by atoms with Gasteiger partial charge in [0.2, 0.25) is 0 Å². The molecule has 0 atom stereocenters. The third kappa shape index (κ3) is 4.58. The molecule has 8 rings (SSSR count). The van der Waals surface area contributed by atoms with Crippen LogP contribution < -0.4 is 0 Å². The van der Waals surface area contributed by atoms with E-state index in [0.717, 1.165) is 16.7 Å². The van der Waals surface area contributed by atoms with E-state index >= 15 is 0 Å². The Bertz CT molecular complexity index is 2150. The lowest BCUT2D eigenvalue weighted by Gasteiger charge is -2.10. The Morgan fingerprint density at radius 2 is 0.791 bits per heavy atom. The minimum absolute atomic E-state index is 0.664. The second-order valence-corrected chi connectivity index (χ2v) is 11.4. The molecule has 0 aliphatic carbocycles. The Morgan fingerprint density at radius 3 is 1.35 bits per heavy atom. The summed E-state index contributed by atoms with van der Waals surface area (Å²) in [6.07, 6.45) is 0. The predicted molar refractivity (Wildman–Crippen MR) is 180 cm³/mol. The fraction of sp³-hybridized carbons (Fsp3) is 0. The van der Waals surface area contributed by atoms with Crippen LogP contribution in [0.2, 0.25) is 0 Å². The van der Waals surface area contributed by atoms with Gasteiger partial charge in [0.1, 0.15) is 0 Å². The molecule has 0 amide bonds. The van der Waals surface area contributed by atoms with Crippen molar-refractivity contribution in [2.24, 2.45) is 0 Å². The van der Waals surface area contributed by atoms with Crippen LogP contribution in [0.3, 0.4) is 0 Å². The average molecular weight is 568 g/mol. The highest BCUT2D eigenvalue weighted by Crippen LogP contribution is 2.47. The lowest BCUT2D eigenvalue weighted by Crippen LogP contribution is -2.00. The predicted octanol–water partition coefficient (Wildman–Crippen LogP) is 10.6. The zero-order valence-corrected chi connectivity index (χ0v) is 24.0. The molecule has 0 spiro atoms. The van der Waals surface area contributed by atoms with Gasteiger partial charge in [0.15, 0.2) is 17.5 Å². The van der Waals surface area contributed by atoms with Crippen LogP contribution in [-0.4, -0.2) is 15.0 Å². The monoisotopic (exact) mass is 567 g/mol. The highest BCUT2D eigenvalue weighted by atomic mass is 32.1. The standard InChI is InChI=1S/C39H25N3S/c1-5-14-26(15-6-1)30-24-25-31(27-16-7-2-8-17-27)36-34(30)32-22-13-23-33(35(32)43-36)39-41-37(28-18-9-3-10-19-28)40-38(42-39)29-20-11-4-12-21-29/h1-25H. The van der Waals surface area contributed by atoms with Gasteiger partial charge in [-0.3, -0.25) is 0 Å². The van der Waals surface area contributed by atoms with Crippen molar-refractivity contribution in [3.63, 3.8) is 0 Å². The van der Waals surface area contributed by atoms with Crippen LogP contribution in [0.4, 0.5) is 0 Å². The lowest BCUT2D eigenvalue weighted by molar-refractivity contribution is 1.08. The van der Waals surface area contributed by atoms with Gasteiger partial charge in [-0.1, -0.05) is 146 Å². The second kappa shape index (κ2) is 10.8. The molecule has 0 bridgehead atoms. The molecule has 6 aromatic carbocycles. The van der Waals surface area contributed by atoms with Crippen LogP contribution in [0, 0.1) is 0 Å². The first-order chi connectivity index (χ1) is 21.3. The van der Waals surface area contributed by atoms with Gasteiger partial charge < -0.3 is 0 Å². The molecule has 0 aliphatic heterocycles. The largest absolute Gasteiger partial charge is 0.208 e. The van der Waals surface area contributed by atoms with E-state index < -0.39 is 0 Å². The fourth-order valence-electron chi connectivity index (χ4n) is 5.71. The molecule has 0 fully saturated rings. The van der Waals surface area contributed by atoms with Gasteiger partial charge in [0.25, 0.3) is 0 Å². The Morgan fingerprint density at radius 1 is 0.326 bits per heavy atom. The van der Waals surface area contributed by atoms with E-state index in [1.54, 1.807) is 0 Å². The zero-order chi connectivity index (χ0) is 28.6. The van der Waals surface area contributed by atoms with Crippen molar-refractivity contribution in [1.82, 2.24) is 15.0 Å². The molecule has 0 saturated carbocycles. The molecule has 0 radical (unpaired) electrons. The summed E-state index contributed by atoms with van der Waals surface area (Å²) in [7, 11) is 0. The Kier molecular flexibility index (Phi) is 6.32. The number of benzene rings is 6. The van der Waals surface area contributed by atoms with Crippen LogP contribution in [-0.2, 0) is 0 Å². The summed E-state index contributed by atoms with van der Waals surface area (Å²) < 4.78 is 2.43. The molecule has 202 valence electrons. The lowest BCUT2D eigenvalue weighted by atomic mass is 9.94. The summed E-state index contributed by atoms with van der Waals surface area (Å²) in [5.41, 5.74) is 7.80. The summed E-state index contributed by atoms with van der Waals surface area (Å²) in [5, 5.41) is 2.46. The molecule has 0 aliphatic rings. The first kappa shape index (κ1) is 25.3. The van der Waals surface area contributed by atoms with E-state index in [-0.39, 0.29) is 0 Å². The molecule has 2 aromatic heterocycles. The highest BCUT2D eigenvalue weighted by molar-refractivity contribution is 7.27. The van der Waals surface area contributed by atoms with Crippen LogP contribution >= 0.6 is 11.3 Å². The third-order valence-electron chi connectivity index (χ3n) is 7.76. The number of rotatable bonds is 5. The van der Waals surface area contributed by atoms with Gasteiger partial charge in [0, 0.05) is 36.9 Å². The topological polar surface area (TPSA) is 38.7 Å². The SMILES string of the molecule is c1ccc(-c2nc(-c3ccccc3)nc(-c3cccc4c3sc3c(-c5ccccc5)ccc(-c5ccccc5)c34)n2)cc1. The number of aromatic nitrogens is 3. The maximum Gasteiger partial charge on any atom is 0.165 e. The smallest absolute Gasteiger partial charge is 0.165 e. The number of hydrogen-bond donors (Lipinski definition) is 0. The number of nitrogens with zero attached hydrogens (tertiary/aromatic N) is 3. The number of fused-ring (bicyclic) bond motifs is 3. The first-order valence-corrected chi connectivity index (χ1v) is 15.1. The van der Waals surface area contributed by atoms with Gasteiger partial charge in [-0.2, -0.15) is 0 Å². The normalized spacial score (nSPS) is 11.3. The van der Waals surface area contributed by atoms with Crippen LogP contribution in [0.1, 0.15) is 0 Å². The van der Waals surface area contributed by atoms with Gasteiger partial charge in [-0.25, -0.2) is 15.0 Å². The van der Waals surface area contributed by atoms with Crippen LogP contribution in [0.5, 0.6) is 0 Å². The van der Waals surface area contributed by atoms with Crippen molar-refractivity contribution in [2.45, 2.75) is 0 Å². The Hall–Kier alpha value is -5.45. The van der Waals surface area contributed by atoms with Crippen molar-refractivity contribution in [3.05, 3.63) is 152 Å². The summed E-state index contributed by atoms with van der Waals surface area (Å²) in [5.74, 6) is 2.00. The van der Waals surface area contributed by atoms with Gasteiger partial charge in [0.05, 0.1) is 0 Å². The maximum atomic E-state index is 5.07. The number of thiophene rings is 1. The van der Waals surface area contributed by atoms with Crippen molar-refractivity contribution < 1.29 is 0 Å². The van der Waals surface area contributed by atoms with E-state index in [1.807, 2.05) is 72.0 Å². The van der Waals surface area contributed by atoms with E-state index in [9.17, 15) is 0 Å². The van der Waals surface area contributed by atoms with Crippen molar-refractivity contribution >= 4 is 31.5 Å². The quantitative estimate of drug-likeness (QED) is 0.208. The maximum absolute atomic E-state index is 5.07. The highest BCUT2D eigenvalue weighted by Gasteiger charge is 2.20. The number of hydrogen-bond acceptors (Lipinski definition) is 4. The molecule has 0 saturated heterocycles. The summed E-state index contributed by atoms with van der Waals surface area (Å²) >= 11 is 1.82. The average Bonchev–Trinajstić information content (AvgIpc) is 3.49. The van der Waals surface area contributed by atoms with Crippen molar-refractivity contribution in [2.75, 3.05) is 0 Å². The molecule has 43 heavy (non-hydrogen) atoms. The van der Waals surface area contributed by atoms with Crippen LogP contribution in [0.15, 0.2) is 152 Å².